The number of amides is 4. The molecule has 4 amide bonds. The maximum atomic E-state index is 12.5. The van der Waals surface area contributed by atoms with Gasteiger partial charge in [0.2, 0.25) is 0 Å². The van der Waals surface area contributed by atoms with Crippen LogP contribution >= 0.6 is 11.3 Å². The van der Waals surface area contributed by atoms with Gasteiger partial charge in [-0.3, -0.25) is 14.9 Å². The van der Waals surface area contributed by atoms with Crippen molar-refractivity contribution in [1.82, 2.24) is 30.5 Å². The Balaban J connectivity index is 1.47. The summed E-state index contributed by atoms with van der Waals surface area (Å²) in [5.74, 6) is 0.129. The average molecular weight is 482 g/mol. The molecule has 1 aliphatic heterocycles. The highest BCUT2D eigenvalue weighted by molar-refractivity contribution is 7.17. The Kier molecular flexibility index (Phi) is 5.99. The first kappa shape index (κ1) is 22.0. The summed E-state index contributed by atoms with van der Waals surface area (Å²) in [4.78, 5) is 42.1. The number of ether oxygens (including phenoxy) is 1. The van der Waals surface area contributed by atoms with Gasteiger partial charge in [0.25, 0.3) is 11.8 Å². The predicted molar refractivity (Wildman–Crippen MR) is 126 cm³/mol. The molecule has 0 bridgehead atoms. The van der Waals surface area contributed by atoms with Gasteiger partial charge in [0.1, 0.15) is 11.5 Å². The van der Waals surface area contributed by atoms with E-state index < -0.39 is 11.9 Å². The van der Waals surface area contributed by atoms with Gasteiger partial charge in [-0.05, 0) is 37.5 Å². The van der Waals surface area contributed by atoms with Crippen molar-refractivity contribution in [2.45, 2.75) is 25.3 Å². The van der Waals surface area contributed by atoms with Crippen LogP contribution in [0, 0.1) is 0 Å². The summed E-state index contributed by atoms with van der Waals surface area (Å²) in [7, 11) is 1.63. The smallest absolute Gasteiger partial charge is 0.326 e. The fourth-order valence-corrected chi connectivity index (χ4v) is 4.37. The molecule has 5 rings (SSSR count). The lowest BCUT2D eigenvalue weighted by Crippen LogP contribution is -2.24. The number of aromatic nitrogens is 3. The number of thiophene rings is 1. The average Bonchev–Trinajstić information content (AvgIpc) is 3.19. The van der Waals surface area contributed by atoms with Gasteiger partial charge < -0.3 is 20.7 Å². The van der Waals surface area contributed by atoms with Gasteiger partial charge in [0.05, 0.1) is 21.6 Å². The predicted octanol–water partition coefficient (Wildman–Crippen LogP) is 1.98. The number of fused-ring (bicyclic) bond motifs is 1. The highest BCUT2D eigenvalue weighted by Crippen LogP contribution is 2.32. The monoisotopic (exact) mass is 481 g/mol. The van der Waals surface area contributed by atoms with Gasteiger partial charge in [0, 0.05) is 37.9 Å². The highest BCUT2D eigenvalue weighted by atomic mass is 32.1. The third kappa shape index (κ3) is 4.63. The van der Waals surface area contributed by atoms with Gasteiger partial charge in [-0.1, -0.05) is 0 Å². The van der Waals surface area contributed by atoms with Gasteiger partial charge in [-0.15, -0.1) is 11.3 Å². The summed E-state index contributed by atoms with van der Waals surface area (Å²) in [6, 6.07) is 5.37. The van der Waals surface area contributed by atoms with Crippen molar-refractivity contribution in [3.05, 3.63) is 40.5 Å². The number of nitrogens with zero attached hydrogens (tertiary/aromatic N) is 3. The lowest BCUT2D eigenvalue weighted by Gasteiger charge is -2.09. The molecule has 176 valence electrons. The first-order valence-electron chi connectivity index (χ1n) is 10.9. The highest BCUT2D eigenvalue weighted by Gasteiger charge is 2.25. The van der Waals surface area contributed by atoms with Gasteiger partial charge in [-0.2, -0.15) is 9.61 Å². The number of carbonyl (C=O) groups excluding carboxylic acids is 3. The van der Waals surface area contributed by atoms with Crippen LogP contribution in [-0.2, 0) is 9.53 Å². The molecule has 4 heterocycles. The third-order valence-electron chi connectivity index (χ3n) is 5.34. The van der Waals surface area contributed by atoms with E-state index in [9.17, 15) is 14.4 Å². The minimum absolute atomic E-state index is 0.132. The van der Waals surface area contributed by atoms with Crippen molar-refractivity contribution in [2.24, 2.45) is 0 Å². The Labute approximate surface area is 198 Å². The molecule has 11 nitrogen and oxygen atoms in total. The molecule has 1 aliphatic carbocycles. The minimum Gasteiger partial charge on any atom is -0.385 e. The van der Waals surface area contributed by atoms with E-state index in [4.69, 9.17) is 9.72 Å². The number of nitrogens with one attached hydrogen (secondary N) is 4. The number of rotatable bonds is 9. The number of carbonyl (C=O) groups is 3. The zero-order valence-electron chi connectivity index (χ0n) is 18.4. The van der Waals surface area contributed by atoms with Crippen LogP contribution in [0.25, 0.3) is 22.3 Å². The standard InChI is InChI=1S/C22H23N7O4S/c1-33-8-2-7-23-21(31)17-6-5-16(34-17)14-10-18(25-13-3-4-13)29-19(26-14)12(11-24-29)9-15-20(30)28-22(32)27-15/h5-6,9-11,13,25H,2-4,7-8H2,1H3,(H,23,31)(H2,27,28,30,32). The van der Waals surface area contributed by atoms with Crippen LogP contribution in [0.1, 0.15) is 34.5 Å². The van der Waals surface area contributed by atoms with Crippen molar-refractivity contribution in [2.75, 3.05) is 25.6 Å². The molecule has 4 N–H and O–H groups in total. The second kappa shape index (κ2) is 9.23. The summed E-state index contributed by atoms with van der Waals surface area (Å²) in [5, 5.41) is 15.5. The van der Waals surface area contributed by atoms with Crippen LogP contribution in [0.4, 0.5) is 10.6 Å². The molecule has 0 spiro atoms. The minimum atomic E-state index is -0.566. The molecule has 2 fully saturated rings. The van der Waals surface area contributed by atoms with Crippen LogP contribution in [0.15, 0.2) is 30.1 Å². The van der Waals surface area contributed by atoms with Gasteiger partial charge in [-0.25, -0.2) is 9.78 Å². The number of anilines is 1. The maximum Gasteiger partial charge on any atom is 0.326 e. The Morgan fingerprint density at radius 3 is 2.91 bits per heavy atom. The Morgan fingerprint density at radius 1 is 1.32 bits per heavy atom. The third-order valence-corrected chi connectivity index (χ3v) is 6.45. The molecule has 3 aromatic heterocycles. The lowest BCUT2D eigenvalue weighted by atomic mass is 10.2. The van der Waals surface area contributed by atoms with Crippen molar-refractivity contribution < 1.29 is 19.1 Å². The number of urea groups is 1. The molecular weight excluding hydrogens is 458 g/mol. The van der Waals surface area contributed by atoms with E-state index in [1.54, 1.807) is 30.0 Å². The summed E-state index contributed by atoms with van der Waals surface area (Å²) in [6.45, 7) is 1.13. The van der Waals surface area contributed by atoms with Crippen molar-refractivity contribution in [3.63, 3.8) is 0 Å². The molecule has 1 saturated carbocycles. The molecular formula is C22H23N7O4S. The Hall–Kier alpha value is -3.77. The normalized spacial score (nSPS) is 16.7. The molecule has 2 aliphatic rings. The van der Waals surface area contributed by atoms with E-state index in [-0.39, 0.29) is 11.6 Å². The lowest BCUT2D eigenvalue weighted by molar-refractivity contribution is -0.115. The first-order chi connectivity index (χ1) is 16.5. The van der Waals surface area contributed by atoms with Crippen molar-refractivity contribution >= 4 is 46.7 Å². The first-order valence-corrected chi connectivity index (χ1v) is 11.7. The molecule has 0 aromatic carbocycles. The fraction of sp³-hybridized carbons (Fsp3) is 0.318. The number of methoxy groups -OCH3 is 1. The van der Waals surface area contributed by atoms with Crippen LogP contribution in [0.3, 0.4) is 0 Å². The van der Waals surface area contributed by atoms with Crippen LogP contribution in [0.2, 0.25) is 0 Å². The zero-order valence-corrected chi connectivity index (χ0v) is 19.2. The molecule has 0 radical (unpaired) electrons. The fourth-order valence-electron chi connectivity index (χ4n) is 3.49. The molecule has 0 unspecified atom stereocenters. The number of imide groups is 1. The molecule has 34 heavy (non-hydrogen) atoms. The molecule has 1 saturated heterocycles. The molecule has 0 atom stereocenters. The number of hydrogen-bond donors (Lipinski definition) is 4. The van der Waals surface area contributed by atoms with Crippen LogP contribution in [0.5, 0.6) is 0 Å². The van der Waals surface area contributed by atoms with E-state index in [1.807, 2.05) is 12.1 Å². The topological polar surface area (TPSA) is 139 Å². The van der Waals surface area contributed by atoms with E-state index in [2.05, 4.69) is 26.4 Å². The maximum absolute atomic E-state index is 12.5. The second-order valence-corrected chi connectivity index (χ2v) is 9.10. The van der Waals surface area contributed by atoms with E-state index >= 15 is 0 Å². The molecule has 12 heteroatoms. The summed E-state index contributed by atoms with van der Waals surface area (Å²) < 4.78 is 6.69. The van der Waals surface area contributed by atoms with Crippen LogP contribution < -0.4 is 21.3 Å². The Bertz CT molecular complexity index is 1310. The second-order valence-electron chi connectivity index (χ2n) is 8.01. The largest absolute Gasteiger partial charge is 0.385 e. The Morgan fingerprint density at radius 2 is 2.18 bits per heavy atom. The van der Waals surface area contributed by atoms with Crippen LogP contribution in [-0.4, -0.2) is 58.7 Å². The van der Waals surface area contributed by atoms with Crippen molar-refractivity contribution in [3.8, 4) is 10.6 Å². The van der Waals surface area contributed by atoms with Gasteiger partial charge in [0.15, 0.2) is 5.65 Å². The van der Waals surface area contributed by atoms with Crippen molar-refractivity contribution in [1.29, 1.82) is 0 Å². The van der Waals surface area contributed by atoms with E-state index in [0.717, 1.165) is 30.0 Å². The number of hydrogen-bond acceptors (Lipinski definition) is 8. The summed E-state index contributed by atoms with van der Waals surface area (Å²) in [5.41, 5.74) is 1.92. The summed E-state index contributed by atoms with van der Waals surface area (Å²) >= 11 is 1.35. The van der Waals surface area contributed by atoms with E-state index in [1.165, 1.54) is 11.3 Å². The summed E-state index contributed by atoms with van der Waals surface area (Å²) in [6.07, 6.45) is 6.05. The SMILES string of the molecule is COCCCNC(=O)c1ccc(-c2cc(NC3CC3)n3ncc(C=C4NC(=O)NC4=O)c3n2)s1. The quantitative estimate of drug-likeness (QED) is 0.208. The molecule has 3 aromatic rings. The van der Waals surface area contributed by atoms with Gasteiger partial charge >= 0.3 is 6.03 Å². The van der Waals surface area contributed by atoms with E-state index in [0.29, 0.717) is 41.0 Å². The zero-order chi connectivity index (χ0) is 23.7.